The van der Waals surface area contributed by atoms with Crippen molar-refractivity contribution in [2.45, 2.75) is 38.4 Å². The molecule has 1 aromatic rings. The van der Waals surface area contributed by atoms with Crippen LogP contribution in [0.15, 0.2) is 24.3 Å². The molecule has 0 spiro atoms. The smallest absolute Gasteiger partial charge is 0.0406 e. The van der Waals surface area contributed by atoms with Gasteiger partial charge in [0.05, 0.1) is 0 Å². The van der Waals surface area contributed by atoms with Gasteiger partial charge in [0.1, 0.15) is 0 Å². The molecule has 3 heteroatoms. The Kier molecular flexibility index (Phi) is 3.53. The van der Waals surface area contributed by atoms with Crippen molar-refractivity contribution in [2.24, 2.45) is 5.73 Å². The van der Waals surface area contributed by atoms with E-state index in [4.69, 9.17) is 17.3 Å². The van der Waals surface area contributed by atoms with Crippen LogP contribution in [0, 0.1) is 0 Å². The van der Waals surface area contributed by atoms with E-state index in [2.05, 4.69) is 30.9 Å². The number of nitrogens with two attached hydrogens (primary N) is 1. The fourth-order valence-corrected chi connectivity index (χ4v) is 2.60. The van der Waals surface area contributed by atoms with E-state index in [1.165, 1.54) is 5.56 Å². The van der Waals surface area contributed by atoms with Gasteiger partial charge in [0.2, 0.25) is 0 Å². The largest absolute Gasteiger partial charge is 0.326 e. The van der Waals surface area contributed by atoms with E-state index in [-0.39, 0.29) is 0 Å². The molecule has 1 aliphatic heterocycles. The molecule has 88 valence electrons. The maximum absolute atomic E-state index is 6.05. The summed E-state index contributed by atoms with van der Waals surface area (Å²) in [6.45, 7) is 5.44. The highest BCUT2D eigenvalue weighted by atomic mass is 35.5. The van der Waals surface area contributed by atoms with E-state index < -0.39 is 0 Å². The van der Waals surface area contributed by atoms with Gasteiger partial charge in [-0.2, -0.15) is 0 Å². The highest BCUT2D eigenvalue weighted by Crippen LogP contribution is 2.33. The summed E-state index contributed by atoms with van der Waals surface area (Å²) in [5.41, 5.74) is 7.38. The van der Waals surface area contributed by atoms with Crippen LogP contribution in [-0.2, 0) is 0 Å². The normalized spacial score (nSPS) is 26.6. The third-order valence-electron chi connectivity index (χ3n) is 3.29. The molecule has 2 nitrogen and oxygen atoms in total. The lowest BCUT2D eigenvalue weighted by molar-refractivity contribution is 0.204. The van der Waals surface area contributed by atoms with Crippen molar-refractivity contribution >= 4 is 11.6 Å². The molecule has 0 bridgehead atoms. The van der Waals surface area contributed by atoms with E-state index in [1.54, 1.807) is 0 Å². The Morgan fingerprint density at radius 2 is 1.94 bits per heavy atom. The summed E-state index contributed by atoms with van der Waals surface area (Å²) in [6, 6.07) is 9.42. The standard InChI is InChI=1S/C13H19ClN2/c1-9(2)16-8-12(15)7-13(16)10-3-5-11(14)6-4-10/h3-6,9,12-13H,7-8,15H2,1-2H3. The van der Waals surface area contributed by atoms with E-state index in [9.17, 15) is 0 Å². The van der Waals surface area contributed by atoms with Crippen molar-refractivity contribution in [3.05, 3.63) is 34.9 Å². The van der Waals surface area contributed by atoms with Crippen LogP contribution in [0.2, 0.25) is 5.02 Å². The minimum atomic E-state index is 0.295. The number of likely N-dealkylation sites (tertiary alicyclic amines) is 1. The second kappa shape index (κ2) is 4.74. The lowest BCUT2D eigenvalue weighted by Gasteiger charge is -2.28. The topological polar surface area (TPSA) is 29.3 Å². The van der Waals surface area contributed by atoms with Crippen LogP contribution in [0.3, 0.4) is 0 Å². The molecule has 0 aromatic heterocycles. The monoisotopic (exact) mass is 238 g/mol. The minimum Gasteiger partial charge on any atom is -0.326 e. The van der Waals surface area contributed by atoms with Crippen molar-refractivity contribution < 1.29 is 0 Å². The van der Waals surface area contributed by atoms with E-state index in [0.29, 0.717) is 18.1 Å². The summed E-state index contributed by atoms with van der Waals surface area (Å²) in [4.78, 5) is 2.47. The minimum absolute atomic E-state index is 0.295. The molecule has 0 saturated carbocycles. The van der Waals surface area contributed by atoms with Gasteiger partial charge in [-0.15, -0.1) is 0 Å². The first-order valence-corrected chi connectivity index (χ1v) is 6.22. The number of rotatable bonds is 2. The fourth-order valence-electron chi connectivity index (χ4n) is 2.48. The third kappa shape index (κ3) is 2.40. The van der Waals surface area contributed by atoms with Gasteiger partial charge >= 0.3 is 0 Å². The zero-order chi connectivity index (χ0) is 11.7. The van der Waals surface area contributed by atoms with Crippen LogP contribution in [-0.4, -0.2) is 23.5 Å². The van der Waals surface area contributed by atoms with Crippen LogP contribution in [0.5, 0.6) is 0 Å². The predicted octanol–water partition coefficient (Wildman–Crippen LogP) is 2.82. The zero-order valence-corrected chi connectivity index (χ0v) is 10.6. The second-order valence-corrected chi connectivity index (χ2v) is 5.29. The first-order valence-electron chi connectivity index (χ1n) is 5.84. The molecular weight excluding hydrogens is 220 g/mol. The summed E-state index contributed by atoms with van der Waals surface area (Å²) < 4.78 is 0. The van der Waals surface area contributed by atoms with Crippen LogP contribution < -0.4 is 5.73 Å². The Hall–Kier alpha value is -0.570. The average molecular weight is 239 g/mol. The Labute approximate surface area is 102 Å². The molecule has 0 amide bonds. The SMILES string of the molecule is CC(C)N1CC(N)CC1c1ccc(Cl)cc1. The highest BCUT2D eigenvalue weighted by molar-refractivity contribution is 6.30. The van der Waals surface area contributed by atoms with Crippen molar-refractivity contribution in [3.8, 4) is 0 Å². The van der Waals surface area contributed by atoms with Gasteiger partial charge in [0.25, 0.3) is 0 Å². The lowest BCUT2D eigenvalue weighted by atomic mass is 10.0. The Morgan fingerprint density at radius 3 is 2.50 bits per heavy atom. The average Bonchev–Trinajstić information content (AvgIpc) is 2.61. The third-order valence-corrected chi connectivity index (χ3v) is 3.54. The van der Waals surface area contributed by atoms with Crippen LogP contribution in [0.25, 0.3) is 0 Å². The highest BCUT2D eigenvalue weighted by Gasteiger charge is 2.32. The molecule has 2 rings (SSSR count). The molecule has 1 fully saturated rings. The first kappa shape index (κ1) is 11.9. The summed E-state index contributed by atoms with van der Waals surface area (Å²) in [5, 5.41) is 0.794. The molecule has 2 atom stereocenters. The predicted molar refractivity (Wildman–Crippen MR) is 68.6 cm³/mol. The summed E-state index contributed by atoms with van der Waals surface area (Å²) in [7, 11) is 0. The van der Waals surface area contributed by atoms with Crippen molar-refractivity contribution in [2.75, 3.05) is 6.54 Å². The van der Waals surface area contributed by atoms with Gasteiger partial charge in [0, 0.05) is 29.7 Å². The maximum Gasteiger partial charge on any atom is 0.0406 e. The Morgan fingerprint density at radius 1 is 1.31 bits per heavy atom. The molecule has 2 unspecified atom stereocenters. The number of benzene rings is 1. The summed E-state index contributed by atoms with van der Waals surface area (Å²) in [5.74, 6) is 0. The molecule has 0 radical (unpaired) electrons. The summed E-state index contributed by atoms with van der Waals surface area (Å²) >= 11 is 5.91. The molecular formula is C13H19ClN2. The van der Waals surface area contributed by atoms with Gasteiger partial charge in [-0.05, 0) is 38.0 Å². The Balaban J connectivity index is 2.22. The Bertz CT molecular complexity index is 347. The van der Waals surface area contributed by atoms with Gasteiger partial charge in [-0.1, -0.05) is 23.7 Å². The molecule has 16 heavy (non-hydrogen) atoms. The van der Waals surface area contributed by atoms with Crippen LogP contribution >= 0.6 is 11.6 Å². The molecule has 0 aliphatic carbocycles. The number of hydrogen-bond donors (Lipinski definition) is 1. The fraction of sp³-hybridized carbons (Fsp3) is 0.538. The molecule has 1 aromatic carbocycles. The van der Waals surface area contributed by atoms with Crippen LogP contribution in [0.4, 0.5) is 0 Å². The zero-order valence-electron chi connectivity index (χ0n) is 9.86. The van der Waals surface area contributed by atoms with E-state index in [0.717, 1.165) is 18.0 Å². The first-order chi connectivity index (χ1) is 7.58. The van der Waals surface area contributed by atoms with Crippen molar-refractivity contribution in [1.29, 1.82) is 0 Å². The van der Waals surface area contributed by atoms with Crippen molar-refractivity contribution in [3.63, 3.8) is 0 Å². The van der Waals surface area contributed by atoms with Gasteiger partial charge in [-0.25, -0.2) is 0 Å². The van der Waals surface area contributed by atoms with Gasteiger partial charge in [-0.3, -0.25) is 4.90 Å². The van der Waals surface area contributed by atoms with Gasteiger partial charge in [0.15, 0.2) is 0 Å². The van der Waals surface area contributed by atoms with Gasteiger partial charge < -0.3 is 5.73 Å². The molecule has 1 aliphatic rings. The van der Waals surface area contributed by atoms with E-state index >= 15 is 0 Å². The molecule has 2 N–H and O–H groups in total. The second-order valence-electron chi connectivity index (χ2n) is 4.85. The lowest BCUT2D eigenvalue weighted by Crippen LogP contribution is -2.33. The summed E-state index contributed by atoms with van der Waals surface area (Å²) in [6.07, 6.45) is 1.04. The van der Waals surface area contributed by atoms with E-state index in [1.807, 2.05) is 12.1 Å². The number of hydrogen-bond acceptors (Lipinski definition) is 2. The quantitative estimate of drug-likeness (QED) is 0.859. The number of nitrogens with zero attached hydrogens (tertiary/aromatic N) is 1. The maximum atomic E-state index is 6.05. The molecule has 1 heterocycles. The molecule has 1 saturated heterocycles. The van der Waals surface area contributed by atoms with Crippen molar-refractivity contribution in [1.82, 2.24) is 4.90 Å². The van der Waals surface area contributed by atoms with Crippen LogP contribution in [0.1, 0.15) is 31.9 Å². The number of halogens is 1.